The number of halogens is 1. The number of aromatic nitrogens is 1. The smallest absolute Gasteiger partial charge is 0.192 e. The van der Waals surface area contributed by atoms with Crippen LogP contribution in [-0.4, -0.2) is 65.7 Å². The van der Waals surface area contributed by atoms with Crippen molar-refractivity contribution in [2.75, 3.05) is 6.61 Å². The molecule has 1 N–H and O–H groups in total. The number of pyridine rings is 1. The Kier molecular flexibility index (Phi) is 20.0. The third kappa shape index (κ3) is 15.3. The summed E-state index contributed by atoms with van der Waals surface area (Å²) in [4.78, 5) is 19.4. The van der Waals surface area contributed by atoms with E-state index in [1.165, 1.54) is 5.57 Å². The minimum absolute atomic E-state index is 0.00133. The van der Waals surface area contributed by atoms with E-state index in [2.05, 4.69) is 133 Å². The van der Waals surface area contributed by atoms with Gasteiger partial charge in [0.05, 0.1) is 24.0 Å². The molecule has 1 heterocycles. The van der Waals surface area contributed by atoms with E-state index in [1.807, 2.05) is 38.1 Å². The number of nitrogens with zero attached hydrogens (tertiary/aromatic N) is 1. The van der Waals surface area contributed by atoms with E-state index in [-0.39, 0.29) is 57.7 Å². The van der Waals surface area contributed by atoms with Gasteiger partial charge >= 0.3 is 0 Å². The first-order valence-corrected chi connectivity index (χ1v) is 30.5. The highest BCUT2D eigenvalue weighted by atomic mass is 35.5. The third-order valence-electron chi connectivity index (χ3n) is 13.5. The molecule has 0 amide bonds. The maximum atomic E-state index is 14.9. The van der Waals surface area contributed by atoms with Crippen LogP contribution in [0.2, 0.25) is 54.4 Å². The molecule has 0 bridgehead atoms. The summed E-state index contributed by atoms with van der Waals surface area (Å²) in [5.41, 5.74) is 1.34. The molecule has 1 aromatic rings. The zero-order chi connectivity index (χ0) is 43.7. The van der Waals surface area contributed by atoms with Crippen molar-refractivity contribution in [3.8, 4) is 0 Å². The van der Waals surface area contributed by atoms with Crippen molar-refractivity contribution in [1.82, 2.24) is 4.98 Å². The topological polar surface area (TPSA) is 77.9 Å². The highest BCUT2D eigenvalue weighted by Gasteiger charge is 2.50. The standard InChI is InChI=1S/C46H86ClNO5Si3/c1-21-37(42(50)46(13,14)40(30-32-49)52-55(17,18)44(7,8)9)41(53-56(19,20)45(10,11)12)35(3)26-24-25-34(2)28-29-39(51-54(15,16)43(4,5)6)38(47)33-36-27-22-23-31-48-36/h22-23,27-28,31,33,35,37,39-41,49H,21,24-26,29-30,32H2,1-20H3. The van der Waals surface area contributed by atoms with Crippen molar-refractivity contribution in [3.05, 3.63) is 46.8 Å². The molecule has 0 saturated heterocycles. The Morgan fingerprint density at radius 2 is 1.36 bits per heavy atom. The number of aliphatic hydroxyl groups excluding tert-OH is 1. The summed E-state index contributed by atoms with van der Waals surface area (Å²) in [6, 6.07) is 5.84. The molecular formula is C46H86ClNO5Si3. The van der Waals surface area contributed by atoms with Gasteiger partial charge in [-0.25, -0.2) is 0 Å². The van der Waals surface area contributed by atoms with Crippen LogP contribution in [0.5, 0.6) is 0 Å². The quantitative estimate of drug-likeness (QED) is 0.0925. The highest BCUT2D eigenvalue weighted by molar-refractivity contribution is 6.75. The summed E-state index contributed by atoms with van der Waals surface area (Å²) in [5, 5.41) is 10.9. The fourth-order valence-corrected chi connectivity index (χ4v) is 10.8. The predicted molar refractivity (Wildman–Crippen MR) is 250 cm³/mol. The largest absolute Gasteiger partial charge is 0.413 e. The number of carbonyl (C=O) groups is 1. The van der Waals surface area contributed by atoms with Crippen LogP contribution in [-0.2, 0) is 18.1 Å². The fraction of sp³-hybridized carbons (Fsp3) is 0.783. The number of Topliss-reactive ketones (excluding diaryl/α,β-unsaturated/α-hetero) is 1. The van der Waals surface area contributed by atoms with Crippen LogP contribution in [0.15, 0.2) is 41.1 Å². The number of hydrogen-bond donors (Lipinski definition) is 1. The number of allylic oxidation sites excluding steroid dienone is 1. The van der Waals surface area contributed by atoms with Crippen LogP contribution in [0, 0.1) is 17.3 Å². The molecule has 0 spiro atoms. The summed E-state index contributed by atoms with van der Waals surface area (Å²) < 4.78 is 21.1. The Labute approximate surface area is 353 Å². The SMILES string of the molecule is CCC(C(=O)C(C)(C)C(CCO)O[Si](C)(C)C(C)(C)C)C(O[Si](C)(C)C(C)(C)C)C(C)CCCC(C)=CCC(O[Si](C)(C)C(C)(C)C)C(Cl)=Cc1ccccn1. The Morgan fingerprint density at radius 1 is 0.839 bits per heavy atom. The molecule has 10 heteroatoms. The van der Waals surface area contributed by atoms with Crippen molar-refractivity contribution < 1.29 is 23.2 Å². The number of carbonyl (C=O) groups excluding carboxylic acids is 1. The first-order valence-electron chi connectivity index (χ1n) is 21.4. The fourth-order valence-electron chi connectivity index (χ4n) is 6.25. The van der Waals surface area contributed by atoms with E-state index in [0.717, 1.165) is 25.0 Å². The molecule has 324 valence electrons. The Bertz CT molecular complexity index is 1420. The monoisotopic (exact) mass is 852 g/mol. The van der Waals surface area contributed by atoms with E-state index < -0.39 is 30.4 Å². The Hall–Kier alpha value is -0.919. The van der Waals surface area contributed by atoms with Crippen LogP contribution >= 0.6 is 11.6 Å². The molecule has 0 aliphatic carbocycles. The van der Waals surface area contributed by atoms with Gasteiger partial charge in [-0.1, -0.05) is 119 Å². The molecule has 0 aliphatic heterocycles. The predicted octanol–water partition coefficient (Wildman–Crippen LogP) is 14.0. The summed E-state index contributed by atoms with van der Waals surface area (Å²) in [5.74, 6) is 0.0769. The molecule has 5 unspecified atom stereocenters. The molecule has 0 radical (unpaired) electrons. The molecule has 56 heavy (non-hydrogen) atoms. The van der Waals surface area contributed by atoms with Gasteiger partial charge in [-0.05, 0) is 124 Å². The van der Waals surface area contributed by atoms with Crippen molar-refractivity contribution in [2.24, 2.45) is 17.3 Å². The summed E-state index contributed by atoms with van der Waals surface area (Å²) in [6.07, 6.45) is 9.89. The average Bonchev–Trinajstić information content (AvgIpc) is 3.04. The minimum Gasteiger partial charge on any atom is -0.413 e. The lowest BCUT2D eigenvalue weighted by atomic mass is 9.71. The molecule has 1 rings (SSSR count). The van der Waals surface area contributed by atoms with Crippen molar-refractivity contribution in [1.29, 1.82) is 0 Å². The third-order valence-corrected chi connectivity index (χ3v) is 27.3. The van der Waals surface area contributed by atoms with E-state index in [9.17, 15) is 9.90 Å². The average molecular weight is 853 g/mol. The van der Waals surface area contributed by atoms with Crippen LogP contribution in [0.1, 0.15) is 141 Å². The number of aliphatic hydroxyl groups is 1. The summed E-state index contributed by atoms with van der Waals surface area (Å²) >= 11 is 7.01. The van der Waals surface area contributed by atoms with Gasteiger partial charge in [-0.2, -0.15) is 0 Å². The zero-order valence-corrected chi connectivity index (χ0v) is 43.5. The maximum Gasteiger partial charge on any atom is 0.192 e. The van der Waals surface area contributed by atoms with Crippen LogP contribution in [0.4, 0.5) is 0 Å². The van der Waals surface area contributed by atoms with Crippen molar-refractivity contribution in [3.63, 3.8) is 0 Å². The second kappa shape index (κ2) is 21.1. The molecule has 0 aromatic carbocycles. The number of rotatable bonds is 22. The molecule has 5 atom stereocenters. The number of hydrogen-bond acceptors (Lipinski definition) is 6. The maximum absolute atomic E-state index is 14.9. The van der Waals surface area contributed by atoms with Gasteiger partial charge in [-0.3, -0.25) is 9.78 Å². The molecule has 0 saturated carbocycles. The highest BCUT2D eigenvalue weighted by Crippen LogP contribution is 2.45. The summed E-state index contributed by atoms with van der Waals surface area (Å²) in [7, 11) is -6.57. The lowest BCUT2D eigenvalue weighted by Gasteiger charge is -2.47. The molecular weight excluding hydrogens is 766 g/mol. The van der Waals surface area contributed by atoms with Crippen LogP contribution in [0.3, 0.4) is 0 Å². The van der Waals surface area contributed by atoms with Gasteiger partial charge in [0.1, 0.15) is 5.78 Å². The van der Waals surface area contributed by atoms with Crippen molar-refractivity contribution >= 4 is 48.4 Å². The number of ketones is 1. The lowest BCUT2D eigenvalue weighted by molar-refractivity contribution is -0.142. The van der Waals surface area contributed by atoms with E-state index in [1.54, 1.807) is 6.20 Å². The lowest BCUT2D eigenvalue weighted by Crippen LogP contribution is -2.54. The van der Waals surface area contributed by atoms with E-state index in [0.29, 0.717) is 24.3 Å². The van der Waals surface area contributed by atoms with Crippen LogP contribution in [0.25, 0.3) is 6.08 Å². The van der Waals surface area contributed by atoms with E-state index >= 15 is 0 Å². The van der Waals surface area contributed by atoms with Crippen molar-refractivity contribution in [2.45, 2.75) is 208 Å². The molecule has 6 nitrogen and oxygen atoms in total. The Morgan fingerprint density at radius 3 is 1.82 bits per heavy atom. The molecule has 1 aromatic heterocycles. The second-order valence-corrected chi connectivity index (χ2v) is 36.3. The van der Waals surface area contributed by atoms with Crippen LogP contribution < -0.4 is 0 Å². The van der Waals surface area contributed by atoms with Gasteiger partial charge in [-0.15, -0.1) is 0 Å². The van der Waals surface area contributed by atoms with Gasteiger partial charge < -0.3 is 18.4 Å². The molecule has 0 fully saturated rings. The van der Waals surface area contributed by atoms with Gasteiger partial charge in [0, 0.05) is 29.2 Å². The van der Waals surface area contributed by atoms with Gasteiger partial charge in [0.25, 0.3) is 0 Å². The normalized spacial score (nSPS) is 17.4. The second-order valence-electron chi connectivity index (χ2n) is 21.6. The first-order chi connectivity index (χ1) is 25.3. The van der Waals surface area contributed by atoms with Gasteiger partial charge in [0.15, 0.2) is 25.0 Å². The zero-order valence-electron chi connectivity index (χ0n) is 39.7. The molecule has 0 aliphatic rings. The first kappa shape index (κ1) is 53.1. The summed E-state index contributed by atoms with van der Waals surface area (Å²) in [6.45, 7) is 44.5. The Balaban J connectivity index is 3.40. The minimum atomic E-state index is -2.24. The van der Waals surface area contributed by atoms with E-state index in [4.69, 9.17) is 24.9 Å². The van der Waals surface area contributed by atoms with Gasteiger partial charge in [0.2, 0.25) is 0 Å².